The Morgan fingerprint density at radius 1 is 1.08 bits per heavy atom. The first-order valence-electron chi connectivity index (χ1n) is 8.93. The van der Waals surface area contributed by atoms with Gasteiger partial charge in [0, 0.05) is 6.42 Å². The fourth-order valence-electron chi connectivity index (χ4n) is 4.06. The lowest BCUT2D eigenvalue weighted by atomic mass is 9.86. The van der Waals surface area contributed by atoms with Crippen molar-refractivity contribution in [3.8, 4) is 5.75 Å². The first-order valence-corrected chi connectivity index (χ1v) is 8.93. The van der Waals surface area contributed by atoms with Crippen LogP contribution in [0.2, 0.25) is 0 Å². The lowest BCUT2D eigenvalue weighted by molar-refractivity contribution is -0.130. The van der Waals surface area contributed by atoms with Crippen molar-refractivity contribution in [2.75, 3.05) is 6.61 Å². The summed E-state index contributed by atoms with van der Waals surface area (Å²) < 4.78 is 5.41. The van der Waals surface area contributed by atoms with Gasteiger partial charge in [0.25, 0.3) is 5.91 Å². The number of hydrazine groups is 1. The van der Waals surface area contributed by atoms with Gasteiger partial charge < -0.3 is 4.74 Å². The van der Waals surface area contributed by atoms with Crippen LogP contribution in [0, 0.1) is 17.8 Å². The molecular formula is C19H26N2O3. The van der Waals surface area contributed by atoms with Crippen LogP contribution >= 0.6 is 0 Å². The second kappa shape index (κ2) is 7.69. The highest BCUT2D eigenvalue weighted by Gasteiger charge is 2.40. The fourth-order valence-corrected chi connectivity index (χ4v) is 4.06. The Bertz CT molecular complexity index is 585. The second-order valence-corrected chi connectivity index (χ2v) is 7.02. The summed E-state index contributed by atoms with van der Waals surface area (Å²) in [6.45, 7) is 1.97. The molecule has 5 nitrogen and oxygen atoms in total. The Morgan fingerprint density at radius 2 is 1.83 bits per heavy atom. The van der Waals surface area contributed by atoms with E-state index in [-0.39, 0.29) is 18.4 Å². The summed E-state index contributed by atoms with van der Waals surface area (Å²) >= 11 is 0. The van der Waals surface area contributed by atoms with Gasteiger partial charge in [-0.15, -0.1) is 0 Å². The number of aryl methyl sites for hydroxylation is 1. The van der Waals surface area contributed by atoms with E-state index in [0.717, 1.165) is 12.3 Å². The molecular weight excluding hydrogens is 304 g/mol. The Kier molecular flexibility index (Phi) is 5.38. The van der Waals surface area contributed by atoms with Crippen molar-refractivity contribution in [3.05, 3.63) is 29.8 Å². The van der Waals surface area contributed by atoms with E-state index >= 15 is 0 Å². The Hall–Kier alpha value is -2.04. The van der Waals surface area contributed by atoms with Gasteiger partial charge in [0.1, 0.15) is 5.75 Å². The highest BCUT2D eigenvalue weighted by atomic mass is 16.5. The molecule has 0 aromatic heterocycles. The number of amides is 2. The zero-order valence-electron chi connectivity index (χ0n) is 14.2. The first kappa shape index (κ1) is 16.8. The van der Waals surface area contributed by atoms with Crippen LogP contribution in [0.15, 0.2) is 24.3 Å². The van der Waals surface area contributed by atoms with Crippen LogP contribution in [-0.2, 0) is 16.0 Å². The van der Waals surface area contributed by atoms with Crippen LogP contribution in [0.1, 0.15) is 44.6 Å². The fraction of sp³-hybridized carbons (Fsp3) is 0.579. The largest absolute Gasteiger partial charge is 0.484 e. The first-order chi connectivity index (χ1) is 11.6. The van der Waals surface area contributed by atoms with E-state index in [9.17, 15) is 9.59 Å². The molecule has 24 heavy (non-hydrogen) atoms. The molecule has 3 unspecified atom stereocenters. The molecule has 130 valence electrons. The average molecular weight is 330 g/mol. The predicted molar refractivity (Wildman–Crippen MR) is 91.2 cm³/mol. The van der Waals surface area contributed by atoms with Crippen molar-refractivity contribution in [2.45, 2.75) is 45.4 Å². The number of nitrogens with one attached hydrogen (secondary N) is 2. The molecule has 1 aromatic rings. The minimum atomic E-state index is -0.351. The third-order valence-electron chi connectivity index (χ3n) is 5.37. The highest BCUT2D eigenvalue weighted by molar-refractivity contribution is 5.82. The van der Waals surface area contributed by atoms with E-state index in [1.54, 1.807) is 0 Å². The molecule has 2 aliphatic carbocycles. The third kappa shape index (κ3) is 4.28. The average Bonchev–Trinajstić information content (AvgIpc) is 3.21. The number of hydrogen-bond acceptors (Lipinski definition) is 3. The number of benzene rings is 1. The van der Waals surface area contributed by atoms with Gasteiger partial charge in [0.05, 0.1) is 0 Å². The molecule has 2 N–H and O–H groups in total. The van der Waals surface area contributed by atoms with Crippen LogP contribution in [0.5, 0.6) is 5.75 Å². The number of ether oxygens (including phenoxy) is 1. The molecule has 3 atom stereocenters. The van der Waals surface area contributed by atoms with Crippen molar-refractivity contribution >= 4 is 11.8 Å². The normalized spacial score (nSPS) is 24.6. The van der Waals surface area contributed by atoms with E-state index in [4.69, 9.17) is 4.74 Å². The molecule has 0 heterocycles. The van der Waals surface area contributed by atoms with Crippen LogP contribution in [0.3, 0.4) is 0 Å². The Balaban J connectivity index is 1.33. The SMILES string of the molecule is CCc1ccc(OCC(=O)NNC(=O)CC2CC3CCC2C3)cc1. The smallest absolute Gasteiger partial charge is 0.276 e. The third-order valence-corrected chi connectivity index (χ3v) is 5.37. The zero-order chi connectivity index (χ0) is 16.9. The minimum Gasteiger partial charge on any atom is -0.484 e. The van der Waals surface area contributed by atoms with E-state index < -0.39 is 0 Å². The topological polar surface area (TPSA) is 67.4 Å². The van der Waals surface area contributed by atoms with E-state index in [1.807, 2.05) is 24.3 Å². The summed E-state index contributed by atoms with van der Waals surface area (Å²) in [4.78, 5) is 23.7. The van der Waals surface area contributed by atoms with Gasteiger partial charge in [-0.2, -0.15) is 0 Å². The maximum Gasteiger partial charge on any atom is 0.276 e. The van der Waals surface area contributed by atoms with Crippen LogP contribution < -0.4 is 15.6 Å². The summed E-state index contributed by atoms with van der Waals surface area (Å²) in [5, 5.41) is 0. The summed E-state index contributed by atoms with van der Waals surface area (Å²) in [6, 6.07) is 7.65. The molecule has 2 fully saturated rings. The van der Waals surface area contributed by atoms with Crippen molar-refractivity contribution < 1.29 is 14.3 Å². The highest BCUT2D eigenvalue weighted by Crippen LogP contribution is 2.49. The van der Waals surface area contributed by atoms with E-state index in [2.05, 4.69) is 17.8 Å². The standard InChI is InChI=1S/C19H26N2O3/c1-2-13-4-7-17(8-5-13)24-12-19(23)21-20-18(22)11-16-10-14-3-6-15(16)9-14/h4-5,7-8,14-16H,2-3,6,9-12H2,1H3,(H,20,22)(H,21,23). The molecule has 2 bridgehead atoms. The number of hydrogen-bond donors (Lipinski definition) is 2. The quantitative estimate of drug-likeness (QED) is 0.788. The number of carbonyl (C=O) groups excluding carboxylic acids is 2. The van der Waals surface area contributed by atoms with Gasteiger partial charge >= 0.3 is 0 Å². The number of carbonyl (C=O) groups is 2. The molecule has 2 amide bonds. The van der Waals surface area contributed by atoms with Crippen LogP contribution in [0.25, 0.3) is 0 Å². The van der Waals surface area contributed by atoms with Gasteiger partial charge in [-0.25, -0.2) is 0 Å². The van der Waals surface area contributed by atoms with Crippen LogP contribution in [-0.4, -0.2) is 18.4 Å². The molecule has 2 aliphatic rings. The lowest BCUT2D eigenvalue weighted by Crippen LogP contribution is -2.44. The molecule has 1 aromatic carbocycles. The maximum atomic E-state index is 12.0. The lowest BCUT2D eigenvalue weighted by Gasteiger charge is -2.20. The predicted octanol–water partition coefficient (Wildman–Crippen LogP) is 2.60. The van der Waals surface area contributed by atoms with Crippen molar-refractivity contribution in [2.24, 2.45) is 17.8 Å². The van der Waals surface area contributed by atoms with Gasteiger partial charge in [-0.1, -0.05) is 25.5 Å². The summed E-state index contributed by atoms with van der Waals surface area (Å²) in [6.07, 6.45) is 6.53. The maximum absolute atomic E-state index is 12.0. The second-order valence-electron chi connectivity index (χ2n) is 7.02. The van der Waals surface area contributed by atoms with Gasteiger partial charge in [0.2, 0.25) is 5.91 Å². The summed E-state index contributed by atoms with van der Waals surface area (Å²) in [5.74, 6) is 2.23. The molecule has 2 saturated carbocycles. The Morgan fingerprint density at radius 3 is 2.46 bits per heavy atom. The van der Waals surface area contributed by atoms with Crippen LogP contribution in [0.4, 0.5) is 0 Å². The summed E-state index contributed by atoms with van der Waals surface area (Å²) in [7, 11) is 0. The monoisotopic (exact) mass is 330 g/mol. The molecule has 0 radical (unpaired) electrons. The molecule has 5 heteroatoms. The molecule has 0 saturated heterocycles. The Labute approximate surface area is 143 Å². The van der Waals surface area contributed by atoms with E-state index in [1.165, 1.54) is 31.2 Å². The van der Waals surface area contributed by atoms with Gasteiger partial charge in [0.15, 0.2) is 6.61 Å². The zero-order valence-corrected chi connectivity index (χ0v) is 14.2. The van der Waals surface area contributed by atoms with Crippen molar-refractivity contribution in [3.63, 3.8) is 0 Å². The molecule has 0 aliphatic heterocycles. The van der Waals surface area contributed by atoms with Gasteiger partial charge in [-0.3, -0.25) is 20.4 Å². The van der Waals surface area contributed by atoms with Crippen molar-refractivity contribution in [1.29, 1.82) is 0 Å². The molecule has 0 spiro atoms. The van der Waals surface area contributed by atoms with E-state index in [0.29, 0.717) is 24.0 Å². The summed E-state index contributed by atoms with van der Waals surface area (Å²) in [5.41, 5.74) is 6.16. The molecule has 3 rings (SSSR count). The van der Waals surface area contributed by atoms with Gasteiger partial charge in [-0.05, 0) is 61.1 Å². The number of rotatable bonds is 6. The van der Waals surface area contributed by atoms with Crippen molar-refractivity contribution in [1.82, 2.24) is 10.9 Å². The minimum absolute atomic E-state index is 0.104. The number of fused-ring (bicyclic) bond motifs is 2.